The van der Waals surface area contributed by atoms with Gasteiger partial charge in [-0.1, -0.05) is 0 Å². The number of rotatable bonds is 3. The van der Waals surface area contributed by atoms with Crippen molar-refractivity contribution in [2.45, 2.75) is 18.7 Å². The second-order valence-electron chi connectivity index (χ2n) is 5.34. The van der Waals surface area contributed by atoms with E-state index in [9.17, 15) is 18.5 Å². The third-order valence-corrected chi connectivity index (χ3v) is 6.42. The molecule has 0 aliphatic rings. The van der Waals surface area contributed by atoms with E-state index in [1.54, 1.807) is 12.1 Å². The van der Waals surface area contributed by atoms with Crippen LogP contribution in [0.15, 0.2) is 46.0 Å². The summed E-state index contributed by atoms with van der Waals surface area (Å²) in [5.41, 5.74) is 2.19. The number of hydrogen-bond acceptors (Lipinski definition) is 5. The third kappa shape index (κ3) is 2.59. The van der Waals surface area contributed by atoms with Crippen molar-refractivity contribution in [3.05, 3.63) is 62.4 Å². The number of nitro benzene ring substituents is 1. The Morgan fingerprint density at radius 1 is 1.17 bits per heavy atom. The van der Waals surface area contributed by atoms with Gasteiger partial charge >= 0.3 is 0 Å². The molecule has 2 aromatic carbocycles. The van der Waals surface area contributed by atoms with Crippen LogP contribution in [-0.2, 0) is 10.0 Å². The lowest BCUT2D eigenvalue weighted by molar-refractivity contribution is -0.384. The van der Waals surface area contributed by atoms with E-state index in [1.807, 2.05) is 13.8 Å². The molecule has 7 nitrogen and oxygen atoms in total. The molecule has 24 heavy (non-hydrogen) atoms. The molecule has 124 valence electrons. The van der Waals surface area contributed by atoms with Crippen LogP contribution in [0.5, 0.6) is 0 Å². The van der Waals surface area contributed by atoms with E-state index in [1.165, 1.54) is 18.2 Å². The average Bonchev–Trinajstić information content (AvgIpc) is 2.94. The SMILES string of the molecule is Cc1cc(Br)c(S(=O)(=O)n2cnc3cc([N+](=O)[O-])ccc32)cc1C. The van der Waals surface area contributed by atoms with Crippen molar-refractivity contribution < 1.29 is 13.3 Å². The van der Waals surface area contributed by atoms with Gasteiger partial charge < -0.3 is 0 Å². The van der Waals surface area contributed by atoms with Gasteiger partial charge in [-0.3, -0.25) is 10.1 Å². The molecule has 0 bridgehead atoms. The maximum Gasteiger partial charge on any atom is 0.271 e. The summed E-state index contributed by atoms with van der Waals surface area (Å²) in [5, 5.41) is 10.8. The monoisotopic (exact) mass is 409 g/mol. The fourth-order valence-electron chi connectivity index (χ4n) is 2.34. The Labute approximate surface area is 146 Å². The quantitative estimate of drug-likeness (QED) is 0.486. The molecule has 0 unspecified atom stereocenters. The zero-order valence-corrected chi connectivity index (χ0v) is 15.1. The minimum Gasteiger partial charge on any atom is -0.258 e. The van der Waals surface area contributed by atoms with Crippen molar-refractivity contribution in [3.8, 4) is 0 Å². The molecule has 0 fully saturated rings. The number of hydrogen-bond donors (Lipinski definition) is 0. The van der Waals surface area contributed by atoms with Gasteiger partial charge in [-0.25, -0.2) is 17.4 Å². The minimum atomic E-state index is -3.89. The highest BCUT2D eigenvalue weighted by Gasteiger charge is 2.24. The number of fused-ring (bicyclic) bond motifs is 1. The molecule has 0 N–H and O–H groups in total. The summed E-state index contributed by atoms with van der Waals surface area (Å²) in [6.45, 7) is 3.72. The largest absolute Gasteiger partial charge is 0.271 e. The molecule has 0 saturated carbocycles. The summed E-state index contributed by atoms with van der Waals surface area (Å²) in [7, 11) is -3.89. The number of aromatic nitrogens is 2. The van der Waals surface area contributed by atoms with Crippen LogP contribution in [0.1, 0.15) is 11.1 Å². The van der Waals surface area contributed by atoms with Gasteiger partial charge in [0.2, 0.25) is 0 Å². The van der Waals surface area contributed by atoms with Crippen LogP contribution in [0.2, 0.25) is 0 Å². The molecule has 0 amide bonds. The van der Waals surface area contributed by atoms with Gasteiger partial charge in [0.15, 0.2) is 0 Å². The molecule has 0 aliphatic carbocycles. The van der Waals surface area contributed by atoms with E-state index in [-0.39, 0.29) is 21.6 Å². The number of non-ortho nitro benzene ring substituents is 1. The fraction of sp³-hybridized carbons (Fsp3) is 0.133. The van der Waals surface area contributed by atoms with Gasteiger partial charge in [-0.15, -0.1) is 0 Å². The highest BCUT2D eigenvalue weighted by Crippen LogP contribution is 2.29. The van der Waals surface area contributed by atoms with Crippen molar-refractivity contribution in [2.24, 2.45) is 0 Å². The fourth-order valence-corrected chi connectivity index (χ4v) is 4.84. The first-order valence-corrected chi connectivity index (χ1v) is 9.09. The summed E-state index contributed by atoms with van der Waals surface area (Å²) >= 11 is 3.30. The van der Waals surface area contributed by atoms with Crippen LogP contribution in [0, 0.1) is 24.0 Å². The standard InChI is InChI=1S/C15H12BrN3O4S/c1-9-5-12(16)15(6-10(9)2)24(22,23)18-8-17-13-7-11(19(20)21)3-4-14(13)18/h3-8H,1-2H3. The Morgan fingerprint density at radius 2 is 1.83 bits per heavy atom. The Morgan fingerprint density at radius 3 is 2.50 bits per heavy atom. The second kappa shape index (κ2) is 5.67. The molecule has 0 spiro atoms. The third-order valence-electron chi connectivity index (χ3n) is 3.79. The molecule has 1 heterocycles. The van der Waals surface area contributed by atoms with Crippen molar-refractivity contribution in [3.63, 3.8) is 0 Å². The van der Waals surface area contributed by atoms with E-state index >= 15 is 0 Å². The van der Waals surface area contributed by atoms with Crippen LogP contribution >= 0.6 is 15.9 Å². The molecular weight excluding hydrogens is 398 g/mol. The zero-order chi connectivity index (χ0) is 17.6. The average molecular weight is 410 g/mol. The molecule has 0 aliphatic heterocycles. The summed E-state index contributed by atoms with van der Waals surface area (Å²) in [6.07, 6.45) is 1.16. The first-order valence-electron chi connectivity index (χ1n) is 6.85. The molecule has 1 aromatic heterocycles. The highest BCUT2D eigenvalue weighted by atomic mass is 79.9. The van der Waals surface area contributed by atoms with Gasteiger partial charge in [0.05, 0.1) is 16.0 Å². The van der Waals surface area contributed by atoms with Gasteiger partial charge in [0.1, 0.15) is 11.2 Å². The van der Waals surface area contributed by atoms with Crippen LogP contribution in [-0.4, -0.2) is 22.3 Å². The molecule has 0 radical (unpaired) electrons. The van der Waals surface area contributed by atoms with Gasteiger partial charge in [0, 0.05) is 16.6 Å². The van der Waals surface area contributed by atoms with Crippen molar-refractivity contribution in [1.29, 1.82) is 0 Å². The lowest BCUT2D eigenvalue weighted by atomic mass is 10.1. The Balaban J connectivity index is 2.23. The minimum absolute atomic E-state index is 0.114. The van der Waals surface area contributed by atoms with E-state index in [0.717, 1.165) is 21.4 Å². The van der Waals surface area contributed by atoms with E-state index in [4.69, 9.17) is 0 Å². The molecule has 3 rings (SSSR count). The Hall–Kier alpha value is -2.26. The van der Waals surface area contributed by atoms with Crippen LogP contribution in [0.3, 0.4) is 0 Å². The smallest absolute Gasteiger partial charge is 0.258 e. The zero-order valence-electron chi connectivity index (χ0n) is 12.7. The topological polar surface area (TPSA) is 95.1 Å². The molecule has 0 atom stereocenters. The first-order chi connectivity index (χ1) is 11.2. The number of aryl methyl sites for hydroxylation is 2. The molecular formula is C15H12BrN3O4S. The molecule has 3 aromatic rings. The Bertz CT molecular complexity index is 1090. The number of nitrogens with zero attached hydrogens (tertiary/aromatic N) is 3. The maximum atomic E-state index is 13.0. The summed E-state index contributed by atoms with van der Waals surface area (Å²) < 4.78 is 27.4. The number of benzene rings is 2. The van der Waals surface area contributed by atoms with Crippen molar-refractivity contribution in [2.75, 3.05) is 0 Å². The summed E-state index contributed by atoms with van der Waals surface area (Å²) in [4.78, 5) is 14.4. The summed E-state index contributed by atoms with van der Waals surface area (Å²) in [5.74, 6) is 0. The Kier molecular flexibility index (Phi) is 3.92. The first kappa shape index (κ1) is 16.6. The van der Waals surface area contributed by atoms with Crippen LogP contribution in [0.25, 0.3) is 11.0 Å². The maximum absolute atomic E-state index is 13.0. The summed E-state index contributed by atoms with van der Waals surface area (Å²) in [6, 6.07) is 7.22. The van der Waals surface area contributed by atoms with Crippen molar-refractivity contribution >= 4 is 42.7 Å². The molecule has 9 heteroatoms. The van der Waals surface area contributed by atoms with E-state index in [2.05, 4.69) is 20.9 Å². The molecule has 0 saturated heterocycles. The van der Waals surface area contributed by atoms with Crippen LogP contribution in [0.4, 0.5) is 5.69 Å². The number of halogens is 1. The van der Waals surface area contributed by atoms with E-state index in [0.29, 0.717) is 4.47 Å². The lowest BCUT2D eigenvalue weighted by Crippen LogP contribution is -2.13. The second-order valence-corrected chi connectivity index (χ2v) is 7.98. The van der Waals surface area contributed by atoms with Crippen molar-refractivity contribution in [1.82, 2.24) is 8.96 Å². The predicted molar refractivity (Wildman–Crippen MR) is 92.6 cm³/mol. The predicted octanol–water partition coefficient (Wildman–Crippen LogP) is 3.56. The van der Waals surface area contributed by atoms with E-state index < -0.39 is 14.9 Å². The number of nitro groups is 1. The number of imidazole rings is 1. The van der Waals surface area contributed by atoms with Gasteiger partial charge in [-0.05, 0) is 59.1 Å². The lowest BCUT2D eigenvalue weighted by Gasteiger charge is -2.11. The van der Waals surface area contributed by atoms with Crippen LogP contribution < -0.4 is 0 Å². The van der Waals surface area contributed by atoms with Gasteiger partial charge in [-0.2, -0.15) is 0 Å². The van der Waals surface area contributed by atoms with Gasteiger partial charge in [0.25, 0.3) is 15.7 Å². The normalized spacial score (nSPS) is 11.8. The highest BCUT2D eigenvalue weighted by molar-refractivity contribution is 9.10.